The van der Waals surface area contributed by atoms with Crippen molar-refractivity contribution in [2.45, 2.75) is 33.5 Å². The number of hydrogen-bond acceptors (Lipinski definition) is 8. The number of nitrogens with zero attached hydrogens (tertiary/aromatic N) is 7. The maximum absolute atomic E-state index is 16.3. The second-order valence-electron chi connectivity index (χ2n) is 9.91. The van der Waals surface area contributed by atoms with Crippen LogP contribution in [0.2, 0.25) is 5.02 Å². The van der Waals surface area contributed by atoms with E-state index in [-0.39, 0.29) is 47.6 Å². The summed E-state index contributed by atoms with van der Waals surface area (Å²) >= 11 is 6.55. The van der Waals surface area contributed by atoms with Crippen molar-refractivity contribution < 1.29 is 18.7 Å². The minimum absolute atomic E-state index is 0. The van der Waals surface area contributed by atoms with Crippen LogP contribution in [0.4, 0.5) is 14.6 Å². The van der Waals surface area contributed by atoms with Gasteiger partial charge in [-0.25, -0.2) is 28.7 Å². The van der Waals surface area contributed by atoms with E-state index in [0.717, 1.165) is 6.07 Å². The first-order chi connectivity index (χ1) is 19.7. The maximum atomic E-state index is 16.3. The molecule has 12 heteroatoms. The van der Waals surface area contributed by atoms with Crippen molar-refractivity contribution in [1.29, 1.82) is 0 Å². The number of amides is 1. The number of piperazine rings is 1. The van der Waals surface area contributed by atoms with Gasteiger partial charge in [0.2, 0.25) is 5.91 Å². The summed E-state index contributed by atoms with van der Waals surface area (Å²) in [6.07, 6.45) is 4.58. The van der Waals surface area contributed by atoms with Crippen LogP contribution in [0.1, 0.15) is 26.0 Å². The van der Waals surface area contributed by atoms with E-state index in [9.17, 15) is 14.3 Å². The van der Waals surface area contributed by atoms with E-state index in [2.05, 4.69) is 21.5 Å². The van der Waals surface area contributed by atoms with Crippen LogP contribution in [0.25, 0.3) is 22.0 Å². The third kappa shape index (κ3) is 6.02. The summed E-state index contributed by atoms with van der Waals surface area (Å²) in [7, 11) is 1.84. The maximum Gasteiger partial charge on any atom is 0.246 e. The molecule has 1 saturated heterocycles. The summed E-state index contributed by atoms with van der Waals surface area (Å²) in [6, 6.07) is 6.76. The Kier molecular flexibility index (Phi) is 9.33. The second kappa shape index (κ2) is 12.7. The van der Waals surface area contributed by atoms with Gasteiger partial charge in [0.15, 0.2) is 5.82 Å². The van der Waals surface area contributed by atoms with Crippen molar-refractivity contribution >= 4 is 34.2 Å². The van der Waals surface area contributed by atoms with Crippen LogP contribution in [0.3, 0.4) is 0 Å². The number of fused-ring (bicyclic) bond motifs is 1. The van der Waals surface area contributed by atoms with Crippen LogP contribution >= 0.6 is 11.6 Å². The molecule has 1 aliphatic rings. The number of aromatic nitrogens is 4. The fourth-order valence-corrected chi connectivity index (χ4v) is 5.36. The second-order valence-corrected chi connectivity index (χ2v) is 10.3. The Hall–Kier alpha value is -4.22. The van der Waals surface area contributed by atoms with Gasteiger partial charge in [0.25, 0.3) is 0 Å². The van der Waals surface area contributed by atoms with Gasteiger partial charge in [-0.05, 0) is 44.3 Å². The van der Waals surface area contributed by atoms with Gasteiger partial charge in [-0.15, -0.1) is 0 Å². The molecule has 1 fully saturated rings. The highest BCUT2D eigenvalue weighted by atomic mass is 35.5. The minimum atomic E-state index is -0.875. The number of carbonyl (C=O) groups excluding carboxylic acids is 1. The highest BCUT2D eigenvalue weighted by Crippen LogP contribution is 2.42. The lowest BCUT2D eigenvalue weighted by molar-refractivity contribution is -0.128. The molecule has 0 spiro atoms. The standard InChI is InChI=1S/C29H28ClF2N7O2.CH4/c1-4-24(41)39-12-11-38(14-17(39)2)29-18-13-19(30)25(26-20(31)7-5-8-21(26)40)27(32)28(18)35-23(36-29)16-37(3)15-22-33-9-6-10-34-22;/h4-10,13,17,40H,1,11-12,14-16H2,2-3H3;1H4/t17-;/m1./s1. The molecule has 1 atom stereocenters. The number of phenols is 1. The van der Waals surface area contributed by atoms with Crippen molar-refractivity contribution in [3.8, 4) is 16.9 Å². The number of phenolic OH excluding ortho intramolecular Hbond substituents is 1. The first-order valence-electron chi connectivity index (χ1n) is 13.0. The van der Waals surface area contributed by atoms with Crippen molar-refractivity contribution in [3.63, 3.8) is 0 Å². The number of benzene rings is 2. The third-order valence-corrected chi connectivity index (χ3v) is 7.28. The Morgan fingerprint density at radius 1 is 1.14 bits per heavy atom. The zero-order chi connectivity index (χ0) is 29.3. The van der Waals surface area contributed by atoms with Gasteiger partial charge in [-0.2, -0.15) is 0 Å². The van der Waals surface area contributed by atoms with E-state index < -0.39 is 17.4 Å². The largest absolute Gasteiger partial charge is 0.507 e. The molecule has 0 saturated carbocycles. The molecular weight excluding hydrogens is 564 g/mol. The van der Waals surface area contributed by atoms with E-state index in [0.29, 0.717) is 49.0 Å². The van der Waals surface area contributed by atoms with Gasteiger partial charge >= 0.3 is 0 Å². The Balaban J connectivity index is 0.00000405. The molecule has 0 radical (unpaired) electrons. The number of anilines is 1. The summed E-state index contributed by atoms with van der Waals surface area (Å²) in [5, 5.41) is 10.6. The zero-order valence-electron chi connectivity index (χ0n) is 22.6. The van der Waals surface area contributed by atoms with Gasteiger partial charge in [-0.3, -0.25) is 9.69 Å². The summed E-state index contributed by atoms with van der Waals surface area (Å²) in [4.78, 5) is 35.7. The summed E-state index contributed by atoms with van der Waals surface area (Å²) in [5.41, 5.74) is -0.693. The highest BCUT2D eigenvalue weighted by Gasteiger charge is 2.30. The molecule has 0 aliphatic carbocycles. The normalized spacial score (nSPS) is 15.1. The molecular formula is C30H32ClF2N7O2. The molecule has 42 heavy (non-hydrogen) atoms. The van der Waals surface area contributed by atoms with Crippen molar-refractivity contribution in [1.82, 2.24) is 29.7 Å². The van der Waals surface area contributed by atoms with E-state index in [1.54, 1.807) is 23.4 Å². The van der Waals surface area contributed by atoms with Gasteiger partial charge in [0, 0.05) is 49.0 Å². The molecule has 4 aromatic rings. The number of halogens is 3. The van der Waals surface area contributed by atoms with Gasteiger partial charge in [0.1, 0.15) is 34.6 Å². The average Bonchev–Trinajstić information content (AvgIpc) is 2.94. The van der Waals surface area contributed by atoms with Crippen molar-refractivity contribution in [2.24, 2.45) is 0 Å². The Morgan fingerprint density at radius 3 is 2.52 bits per heavy atom. The van der Waals surface area contributed by atoms with Crippen molar-refractivity contribution in [3.05, 3.63) is 83.7 Å². The van der Waals surface area contributed by atoms with Gasteiger partial charge in [-0.1, -0.05) is 31.7 Å². The summed E-state index contributed by atoms with van der Waals surface area (Å²) in [5.74, 6) is -0.953. The Labute approximate surface area is 248 Å². The molecule has 3 heterocycles. The van der Waals surface area contributed by atoms with E-state index in [4.69, 9.17) is 16.6 Å². The van der Waals surface area contributed by atoms with Gasteiger partial charge < -0.3 is 14.9 Å². The highest BCUT2D eigenvalue weighted by molar-refractivity contribution is 6.34. The Morgan fingerprint density at radius 2 is 1.86 bits per heavy atom. The fourth-order valence-electron chi connectivity index (χ4n) is 5.07. The average molecular weight is 596 g/mol. The van der Waals surface area contributed by atoms with Crippen LogP contribution in [0, 0.1) is 11.6 Å². The van der Waals surface area contributed by atoms with E-state index >= 15 is 4.39 Å². The van der Waals surface area contributed by atoms with E-state index in [1.165, 1.54) is 24.3 Å². The van der Waals surface area contributed by atoms with E-state index in [1.807, 2.05) is 23.8 Å². The molecule has 0 bridgehead atoms. The van der Waals surface area contributed by atoms with Crippen LogP contribution in [0.15, 0.2) is 55.4 Å². The minimum Gasteiger partial charge on any atom is -0.507 e. The molecule has 0 unspecified atom stereocenters. The molecule has 5 rings (SSSR count). The molecule has 2 aromatic carbocycles. The molecule has 2 aromatic heterocycles. The zero-order valence-corrected chi connectivity index (χ0v) is 23.3. The lowest BCUT2D eigenvalue weighted by atomic mass is 10.0. The number of aromatic hydroxyl groups is 1. The predicted molar refractivity (Wildman–Crippen MR) is 159 cm³/mol. The molecule has 220 valence electrons. The number of hydrogen-bond donors (Lipinski definition) is 1. The summed E-state index contributed by atoms with van der Waals surface area (Å²) < 4.78 is 31.1. The monoisotopic (exact) mass is 595 g/mol. The van der Waals surface area contributed by atoms with Gasteiger partial charge in [0.05, 0.1) is 23.7 Å². The molecule has 9 nitrogen and oxygen atoms in total. The lowest BCUT2D eigenvalue weighted by Crippen LogP contribution is -2.54. The first-order valence-corrected chi connectivity index (χ1v) is 13.3. The topological polar surface area (TPSA) is 98.6 Å². The molecule has 1 N–H and O–H groups in total. The molecule has 1 aliphatic heterocycles. The van der Waals surface area contributed by atoms with Crippen LogP contribution in [0.5, 0.6) is 5.75 Å². The first kappa shape index (κ1) is 30.7. The fraction of sp³-hybridized carbons (Fsp3) is 0.300. The summed E-state index contributed by atoms with van der Waals surface area (Å²) in [6.45, 7) is 7.39. The lowest BCUT2D eigenvalue weighted by Gasteiger charge is -2.40. The van der Waals surface area contributed by atoms with Crippen LogP contribution in [-0.4, -0.2) is 73.5 Å². The number of rotatable bonds is 7. The van der Waals surface area contributed by atoms with Crippen LogP contribution in [-0.2, 0) is 17.9 Å². The SMILES string of the molecule is C.C=CC(=O)N1CCN(c2nc(CN(C)Cc3ncccn3)nc3c(F)c(-c4c(O)cccc4F)c(Cl)cc23)C[C@H]1C. The Bertz CT molecular complexity index is 1600. The predicted octanol–water partition coefficient (Wildman–Crippen LogP) is 5.22. The van der Waals surface area contributed by atoms with Crippen LogP contribution < -0.4 is 4.90 Å². The quantitative estimate of drug-likeness (QED) is 0.291. The third-order valence-electron chi connectivity index (χ3n) is 6.98. The smallest absolute Gasteiger partial charge is 0.246 e. The molecule has 1 amide bonds. The van der Waals surface area contributed by atoms with Crippen molar-refractivity contribution in [2.75, 3.05) is 31.6 Å². The number of carbonyl (C=O) groups is 1.